The molecule has 2 aromatic rings. The van der Waals surface area contributed by atoms with Crippen LogP contribution < -0.4 is 4.90 Å². The van der Waals surface area contributed by atoms with Crippen LogP contribution in [-0.4, -0.2) is 43.1 Å². The Morgan fingerprint density at radius 2 is 1.56 bits per heavy atom. The van der Waals surface area contributed by atoms with Gasteiger partial charge in [-0.25, -0.2) is 0 Å². The van der Waals surface area contributed by atoms with E-state index in [0.717, 1.165) is 50.3 Å². The van der Waals surface area contributed by atoms with Crippen LogP contribution in [0, 0.1) is 0 Å². The minimum absolute atomic E-state index is 0.166. The summed E-state index contributed by atoms with van der Waals surface area (Å²) in [4.78, 5) is 17.5. The fourth-order valence-corrected chi connectivity index (χ4v) is 4.07. The molecule has 0 aliphatic carbocycles. The van der Waals surface area contributed by atoms with Gasteiger partial charge < -0.3 is 14.5 Å². The van der Waals surface area contributed by atoms with Crippen molar-refractivity contribution in [2.75, 3.05) is 31.1 Å². The van der Waals surface area contributed by atoms with Crippen molar-refractivity contribution in [3.63, 3.8) is 0 Å². The predicted octanol–water partition coefficient (Wildman–Crippen LogP) is 4.11. The third-order valence-electron chi connectivity index (χ3n) is 5.64. The molecule has 0 aromatic heterocycles. The van der Waals surface area contributed by atoms with E-state index in [9.17, 15) is 4.79 Å². The second kappa shape index (κ2) is 8.57. The standard InChI is InChI=1S/C23H28N2O2/c26-23(21-10-4-5-11-22(21)24-14-6-7-15-24)25-16-12-20(13-17-25)27-18-19-8-2-1-3-9-19/h1-5,8-11,20H,6-7,12-18H2. The molecule has 0 unspecified atom stereocenters. The number of piperidine rings is 1. The van der Waals surface area contributed by atoms with E-state index in [1.807, 2.05) is 41.3 Å². The van der Waals surface area contributed by atoms with Crippen LogP contribution >= 0.6 is 0 Å². The lowest BCUT2D eigenvalue weighted by molar-refractivity contribution is -0.000363. The highest BCUT2D eigenvalue weighted by molar-refractivity contribution is 6.00. The number of anilines is 1. The summed E-state index contributed by atoms with van der Waals surface area (Å²) < 4.78 is 6.06. The monoisotopic (exact) mass is 364 g/mol. The Labute approximate surface area is 161 Å². The van der Waals surface area contributed by atoms with E-state index >= 15 is 0 Å². The molecule has 4 rings (SSSR count). The molecule has 2 aliphatic rings. The van der Waals surface area contributed by atoms with Gasteiger partial charge in [0.1, 0.15) is 0 Å². The minimum atomic E-state index is 0.166. The number of amides is 1. The summed E-state index contributed by atoms with van der Waals surface area (Å²) in [7, 11) is 0. The van der Waals surface area contributed by atoms with Gasteiger partial charge in [0.05, 0.1) is 18.3 Å². The van der Waals surface area contributed by atoms with Crippen molar-refractivity contribution in [3.8, 4) is 0 Å². The number of carbonyl (C=O) groups is 1. The Morgan fingerprint density at radius 3 is 2.30 bits per heavy atom. The third-order valence-corrected chi connectivity index (χ3v) is 5.64. The summed E-state index contributed by atoms with van der Waals surface area (Å²) in [5, 5.41) is 0. The van der Waals surface area contributed by atoms with Gasteiger partial charge in [0.15, 0.2) is 0 Å². The lowest BCUT2D eigenvalue weighted by Gasteiger charge is -2.33. The van der Waals surface area contributed by atoms with Crippen LogP contribution in [-0.2, 0) is 11.3 Å². The average Bonchev–Trinajstić information content (AvgIpc) is 3.28. The Bertz CT molecular complexity index is 748. The molecule has 2 aromatic carbocycles. The van der Waals surface area contributed by atoms with Gasteiger partial charge in [0, 0.05) is 31.9 Å². The van der Waals surface area contributed by atoms with E-state index in [-0.39, 0.29) is 12.0 Å². The molecule has 0 bridgehead atoms. The van der Waals surface area contributed by atoms with Gasteiger partial charge in [-0.3, -0.25) is 4.79 Å². The fourth-order valence-electron chi connectivity index (χ4n) is 4.07. The van der Waals surface area contributed by atoms with Crippen LogP contribution in [0.1, 0.15) is 41.6 Å². The van der Waals surface area contributed by atoms with Crippen molar-refractivity contribution < 1.29 is 9.53 Å². The number of ether oxygens (including phenoxy) is 1. The van der Waals surface area contributed by atoms with Crippen molar-refractivity contribution >= 4 is 11.6 Å². The zero-order valence-corrected chi connectivity index (χ0v) is 15.8. The van der Waals surface area contributed by atoms with Crippen molar-refractivity contribution in [2.24, 2.45) is 0 Å². The van der Waals surface area contributed by atoms with Crippen LogP contribution in [0.4, 0.5) is 5.69 Å². The lowest BCUT2D eigenvalue weighted by atomic mass is 10.0. The number of hydrogen-bond acceptors (Lipinski definition) is 3. The van der Waals surface area contributed by atoms with E-state index in [1.54, 1.807) is 0 Å². The second-order valence-electron chi connectivity index (χ2n) is 7.50. The number of likely N-dealkylation sites (tertiary alicyclic amines) is 1. The smallest absolute Gasteiger partial charge is 0.255 e. The molecule has 2 heterocycles. The summed E-state index contributed by atoms with van der Waals surface area (Å²) in [6.45, 7) is 4.30. The quantitative estimate of drug-likeness (QED) is 0.800. The predicted molar refractivity (Wildman–Crippen MR) is 108 cm³/mol. The Hall–Kier alpha value is -2.33. The molecule has 4 nitrogen and oxygen atoms in total. The number of nitrogens with zero attached hydrogens (tertiary/aromatic N) is 2. The maximum absolute atomic E-state index is 13.1. The van der Waals surface area contributed by atoms with Crippen molar-refractivity contribution in [1.82, 2.24) is 4.90 Å². The first-order chi connectivity index (χ1) is 13.3. The highest BCUT2D eigenvalue weighted by Crippen LogP contribution is 2.27. The SMILES string of the molecule is O=C(c1ccccc1N1CCCC1)N1CCC(OCc2ccccc2)CC1. The Balaban J connectivity index is 1.34. The third kappa shape index (κ3) is 4.33. The summed E-state index contributed by atoms with van der Waals surface area (Å²) in [6.07, 6.45) is 4.48. The normalized spacial score (nSPS) is 18.1. The summed E-state index contributed by atoms with van der Waals surface area (Å²) in [6, 6.07) is 18.4. The van der Waals surface area contributed by atoms with Gasteiger partial charge in [-0.15, -0.1) is 0 Å². The molecule has 0 atom stereocenters. The first kappa shape index (κ1) is 18.1. The van der Waals surface area contributed by atoms with Crippen LogP contribution in [0.5, 0.6) is 0 Å². The Kier molecular flexibility index (Phi) is 5.73. The van der Waals surface area contributed by atoms with Gasteiger partial charge >= 0.3 is 0 Å². The molecule has 2 saturated heterocycles. The second-order valence-corrected chi connectivity index (χ2v) is 7.50. The minimum Gasteiger partial charge on any atom is -0.373 e. The molecule has 4 heteroatoms. The van der Waals surface area contributed by atoms with E-state index in [1.165, 1.54) is 18.4 Å². The molecule has 2 aliphatic heterocycles. The van der Waals surface area contributed by atoms with Gasteiger partial charge in [0.2, 0.25) is 0 Å². The van der Waals surface area contributed by atoms with Gasteiger partial charge in [0.25, 0.3) is 5.91 Å². The first-order valence-electron chi connectivity index (χ1n) is 10.1. The number of para-hydroxylation sites is 1. The number of rotatable bonds is 5. The maximum atomic E-state index is 13.1. The van der Waals surface area contributed by atoms with Crippen LogP contribution in [0.15, 0.2) is 54.6 Å². The summed E-state index contributed by atoms with van der Waals surface area (Å²) in [5.74, 6) is 0.166. The molecule has 0 N–H and O–H groups in total. The maximum Gasteiger partial charge on any atom is 0.255 e. The Morgan fingerprint density at radius 1 is 0.889 bits per heavy atom. The zero-order chi connectivity index (χ0) is 18.5. The molecule has 0 spiro atoms. The molecule has 0 radical (unpaired) electrons. The van der Waals surface area contributed by atoms with E-state index < -0.39 is 0 Å². The van der Waals surface area contributed by atoms with Crippen LogP contribution in [0.25, 0.3) is 0 Å². The zero-order valence-electron chi connectivity index (χ0n) is 15.8. The fraction of sp³-hybridized carbons (Fsp3) is 0.435. The van der Waals surface area contributed by atoms with E-state index in [0.29, 0.717) is 6.61 Å². The van der Waals surface area contributed by atoms with E-state index in [4.69, 9.17) is 4.74 Å². The van der Waals surface area contributed by atoms with Gasteiger partial charge in [-0.1, -0.05) is 42.5 Å². The first-order valence-corrected chi connectivity index (χ1v) is 10.1. The van der Waals surface area contributed by atoms with Gasteiger partial charge in [-0.2, -0.15) is 0 Å². The average molecular weight is 364 g/mol. The molecular formula is C23H28N2O2. The van der Waals surface area contributed by atoms with Crippen LogP contribution in [0.3, 0.4) is 0 Å². The molecule has 1 amide bonds. The van der Waals surface area contributed by atoms with E-state index in [2.05, 4.69) is 23.1 Å². The van der Waals surface area contributed by atoms with Crippen molar-refractivity contribution in [3.05, 3.63) is 65.7 Å². The van der Waals surface area contributed by atoms with Crippen LogP contribution in [0.2, 0.25) is 0 Å². The molecule has 142 valence electrons. The molecule has 2 fully saturated rings. The van der Waals surface area contributed by atoms with Crippen molar-refractivity contribution in [2.45, 2.75) is 38.4 Å². The highest BCUT2D eigenvalue weighted by Gasteiger charge is 2.27. The van der Waals surface area contributed by atoms with Crippen molar-refractivity contribution in [1.29, 1.82) is 0 Å². The number of carbonyl (C=O) groups excluding carboxylic acids is 1. The summed E-state index contributed by atoms with van der Waals surface area (Å²) in [5.41, 5.74) is 3.15. The molecule has 27 heavy (non-hydrogen) atoms. The lowest BCUT2D eigenvalue weighted by Crippen LogP contribution is -2.41. The number of hydrogen-bond donors (Lipinski definition) is 0. The van der Waals surface area contributed by atoms with Gasteiger partial charge in [-0.05, 0) is 43.4 Å². The number of benzene rings is 2. The highest BCUT2D eigenvalue weighted by atomic mass is 16.5. The largest absolute Gasteiger partial charge is 0.373 e. The topological polar surface area (TPSA) is 32.8 Å². The molecular weight excluding hydrogens is 336 g/mol. The molecule has 0 saturated carbocycles. The summed E-state index contributed by atoms with van der Waals surface area (Å²) >= 11 is 0.